The number of hydrogen-bond donors (Lipinski definition) is 2. The fourth-order valence-corrected chi connectivity index (χ4v) is 2.21. The van der Waals surface area contributed by atoms with Gasteiger partial charge in [0, 0.05) is 31.4 Å². The van der Waals surface area contributed by atoms with Gasteiger partial charge in [-0.2, -0.15) is 0 Å². The molecule has 2 amide bonds. The molecule has 0 saturated carbocycles. The lowest BCUT2D eigenvalue weighted by Gasteiger charge is -2.21. The molecule has 1 saturated heterocycles. The third kappa shape index (κ3) is 3.43. The monoisotopic (exact) mass is 263 g/mol. The van der Waals surface area contributed by atoms with Crippen molar-refractivity contribution in [1.82, 2.24) is 15.2 Å². The van der Waals surface area contributed by atoms with Crippen LogP contribution in [0.15, 0.2) is 24.4 Å². The number of likely N-dealkylation sites (tertiary alicyclic amines) is 1. The molecule has 2 heterocycles. The molecule has 6 heteroatoms. The van der Waals surface area contributed by atoms with Gasteiger partial charge in [0.1, 0.15) is 6.04 Å². The van der Waals surface area contributed by atoms with Crippen molar-refractivity contribution in [2.24, 2.45) is 0 Å². The molecule has 6 nitrogen and oxygen atoms in total. The van der Waals surface area contributed by atoms with Crippen LogP contribution in [0.1, 0.15) is 18.5 Å². The highest BCUT2D eigenvalue weighted by Crippen LogP contribution is 2.17. The van der Waals surface area contributed by atoms with E-state index in [9.17, 15) is 9.59 Å². The molecule has 0 bridgehead atoms. The minimum absolute atomic E-state index is 0.305. The van der Waals surface area contributed by atoms with Crippen LogP contribution in [-0.2, 0) is 11.2 Å². The molecule has 1 atom stereocenters. The molecule has 1 fully saturated rings. The normalized spacial score (nSPS) is 18.3. The van der Waals surface area contributed by atoms with Gasteiger partial charge in [-0.25, -0.2) is 9.59 Å². The molecule has 0 spiro atoms. The highest BCUT2D eigenvalue weighted by atomic mass is 16.4. The Morgan fingerprint density at radius 2 is 2.32 bits per heavy atom. The number of carbonyl (C=O) groups is 2. The maximum absolute atomic E-state index is 11.9. The van der Waals surface area contributed by atoms with Gasteiger partial charge in [-0.1, -0.05) is 6.07 Å². The number of amides is 2. The molecule has 0 aliphatic carbocycles. The van der Waals surface area contributed by atoms with E-state index in [0.717, 1.165) is 12.1 Å². The van der Waals surface area contributed by atoms with E-state index in [-0.39, 0.29) is 6.03 Å². The third-order valence-corrected chi connectivity index (χ3v) is 3.18. The van der Waals surface area contributed by atoms with E-state index in [2.05, 4.69) is 10.3 Å². The first-order chi connectivity index (χ1) is 9.18. The van der Waals surface area contributed by atoms with E-state index in [1.807, 2.05) is 18.2 Å². The summed E-state index contributed by atoms with van der Waals surface area (Å²) in [7, 11) is 0. The molecule has 102 valence electrons. The van der Waals surface area contributed by atoms with Crippen LogP contribution in [0.25, 0.3) is 0 Å². The number of carboxylic acids is 1. The Morgan fingerprint density at radius 3 is 3.00 bits per heavy atom. The number of pyridine rings is 1. The van der Waals surface area contributed by atoms with Crippen LogP contribution in [0.2, 0.25) is 0 Å². The molecule has 0 aromatic carbocycles. The first kappa shape index (κ1) is 13.3. The van der Waals surface area contributed by atoms with Crippen molar-refractivity contribution in [2.75, 3.05) is 13.1 Å². The van der Waals surface area contributed by atoms with Gasteiger partial charge in [0.25, 0.3) is 0 Å². The fourth-order valence-electron chi connectivity index (χ4n) is 2.21. The topological polar surface area (TPSA) is 82.5 Å². The van der Waals surface area contributed by atoms with Gasteiger partial charge in [-0.3, -0.25) is 4.98 Å². The summed E-state index contributed by atoms with van der Waals surface area (Å²) in [4.78, 5) is 28.4. The second-order valence-corrected chi connectivity index (χ2v) is 4.49. The average Bonchev–Trinajstić information content (AvgIpc) is 2.89. The standard InChI is InChI=1S/C13H17N3O3/c17-12(18)11-5-3-9-16(11)13(19)15-8-6-10-4-1-2-7-14-10/h1-2,4,7,11H,3,5-6,8-9H2,(H,15,19)(H,17,18)/t11-/m1/s1. The average molecular weight is 263 g/mol. The van der Waals surface area contributed by atoms with Gasteiger partial charge in [0.15, 0.2) is 0 Å². The quantitative estimate of drug-likeness (QED) is 0.845. The number of rotatable bonds is 4. The Balaban J connectivity index is 1.80. The highest BCUT2D eigenvalue weighted by Gasteiger charge is 2.33. The van der Waals surface area contributed by atoms with Crippen LogP contribution in [0.4, 0.5) is 4.79 Å². The molecule has 1 aromatic rings. The van der Waals surface area contributed by atoms with Crippen LogP contribution in [0.5, 0.6) is 0 Å². The summed E-state index contributed by atoms with van der Waals surface area (Å²) in [5.41, 5.74) is 0.902. The number of hydrogen-bond acceptors (Lipinski definition) is 3. The largest absolute Gasteiger partial charge is 0.480 e. The molecule has 1 aliphatic heterocycles. The second kappa shape index (κ2) is 6.17. The molecule has 1 aromatic heterocycles. The zero-order valence-corrected chi connectivity index (χ0v) is 10.6. The number of carboxylic acid groups (broad SMARTS) is 1. The molecule has 0 unspecified atom stereocenters. The second-order valence-electron chi connectivity index (χ2n) is 4.49. The number of aliphatic carboxylic acids is 1. The van der Waals surface area contributed by atoms with E-state index in [1.165, 1.54) is 4.90 Å². The Morgan fingerprint density at radius 1 is 1.47 bits per heavy atom. The number of urea groups is 1. The van der Waals surface area contributed by atoms with Gasteiger partial charge in [-0.05, 0) is 25.0 Å². The van der Waals surface area contributed by atoms with Crippen molar-refractivity contribution in [3.63, 3.8) is 0 Å². The zero-order valence-electron chi connectivity index (χ0n) is 10.6. The molecule has 2 rings (SSSR count). The number of nitrogens with zero attached hydrogens (tertiary/aromatic N) is 2. The lowest BCUT2D eigenvalue weighted by Crippen LogP contribution is -2.46. The Labute approximate surface area is 111 Å². The number of nitrogens with one attached hydrogen (secondary N) is 1. The van der Waals surface area contributed by atoms with Gasteiger partial charge in [-0.15, -0.1) is 0 Å². The molecular weight excluding hydrogens is 246 g/mol. The summed E-state index contributed by atoms with van der Waals surface area (Å²) in [5, 5.41) is 11.7. The summed E-state index contributed by atoms with van der Waals surface area (Å²) in [6.07, 6.45) is 3.61. The van der Waals surface area contributed by atoms with Crippen molar-refractivity contribution in [3.8, 4) is 0 Å². The first-order valence-electron chi connectivity index (χ1n) is 6.35. The number of carbonyl (C=O) groups excluding carboxylic acids is 1. The van der Waals surface area contributed by atoms with E-state index in [1.54, 1.807) is 6.20 Å². The summed E-state index contributed by atoms with van der Waals surface area (Å²) >= 11 is 0. The van der Waals surface area contributed by atoms with Crippen LogP contribution in [0, 0.1) is 0 Å². The fraction of sp³-hybridized carbons (Fsp3) is 0.462. The lowest BCUT2D eigenvalue weighted by atomic mass is 10.2. The Bertz CT molecular complexity index is 450. The molecule has 19 heavy (non-hydrogen) atoms. The van der Waals surface area contributed by atoms with E-state index >= 15 is 0 Å². The summed E-state index contributed by atoms with van der Waals surface area (Å²) < 4.78 is 0. The predicted octanol–water partition coefficient (Wildman–Crippen LogP) is 0.883. The van der Waals surface area contributed by atoms with Gasteiger partial charge < -0.3 is 15.3 Å². The highest BCUT2D eigenvalue weighted by molar-refractivity contribution is 5.83. The van der Waals surface area contributed by atoms with Crippen LogP contribution in [-0.4, -0.2) is 46.1 Å². The molecular formula is C13H17N3O3. The van der Waals surface area contributed by atoms with Gasteiger partial charge >= 0.3 is 12.0 Å². The first-order valence-corrected chi connectivity index (χ1v) is 6.35. The van der Waals surface area contributed by atoms with E-state index in [4.69, 9.17) is 5.11 Å². The van der Waals surface area contributed by atoms with Gasteiger partial charge in [0.2, 0.25) is 0 Å². The zero-order chi connectivity index (χ0) is 13.7. The lowest BCUT2D eigenvalue weighted by molar-refractivity contribution is -0.141. The summed E-state index contributed by atoms with van der Waals surface area (Å²) in [6.45, 7) is 0.963. The third-order valence-electron chi connectivity index (χ3n) is 3.18. The minimum Gasteiger partial charge on any atom is -0.480 e. The van der Waals surface area contributed by atoms with Crippen molar-refractivity contribution < 1.29 is 14.7 Å². The Kier molecular flexibility index (Phi) is 4.33. The van der Waals surface area contributed by atoms with Crippen molar-refractivity contribution in [3.05, 3.63) is 30.1 Å². The number of aromatic nitrogens is 1. The summed E-state index contributed by atoms with van der Waals surface area (Å²) in [6, 6.07) is 4.63. The van der Waals surface area contributed by atoms with Crippen molar-refractivity contribution >= 4 is 12.0 Å². The van der Waals surface area contributed by atoms with Gasteiger partial charge in [0.05, 0.1) is 0 Å². The van der Waals surface area contributed by atoms with Crippen LogP contribution >= 0.6 is 0 Å². The van der Waals surface area contributed by atoms with Crippen LogP contribution < -0.4 is 5.32 Å². The van der Waals surface area contributed by atoms with Crippen molar-refractivity contribution in [2.45, 2.75) is 25.3 Å². The summed E-state index contributed by atoms with van der Waals surface area (Å²) in [5.74, 6) is -0.933. The van der Waals surface area contributed by atoms with Crippen LogP contribution in [0.3, 0.4) is 0 Å². The SMILES string of the molecule is O=C(O)[C@H]1CCCN1C(=O)NCCc1ccccn1. The smallest absolute Gasteiger partial charge is 0.326 e. The molecule has 0 radical (unpaired) electrons. The molecule has 1 aliphatic rings. The Hall–Kier alpha value is -2.11. The maximum atomic E-state index is 11.9. The van der Waals surface area contributed by atoms with E-state index < -0.39 is 12.0 Å². The maximum Gasteiger partial charge on any atom is 0.326 e. The molecule has 2 N–H and O–H groups in total. The minimum atomic E-state index is -0.933. The van der Waals surface area contributed by atoms with E-state index in [0.29, 0.717) is 25.9 Å². The van der Waals surface area contributed by atoms with Crippen molar-refractivity contribution in [1.29, 1.82) is 0 Å². The predicted molar refractivity (Wildman–Crippen MR) is 68.7 cm³/mol.